The first-order valence-corrected chi connectivity index (χ1v) is 9.49. The minimum absolute atomic E-state index is 0.0270. The lowest BCUT2D eigenvalue weighted by Crippen LogP contribution is -2.36. The van der Waals surface area contributed by atoms with Crippen LogP contribution in [-0.4, -0.2) is 24.1 Å². The first kappa shape index (κ1) is 17.7. The van der Waals surface area contributed by atoms with Gasteiger partial charge in [-0.2, -0.15) is 0 Å². The molecule has 0 aliphatic heterocycles. The standard InChI is InChI=1S/C23H22O4/c24-19(15-7-3-1-4-8-15)14-27-23(26)21-18-12-11-17(13-18)20(21)22(25)16-9-5-2-6-10-16/h1-10,17-18,20-21H,11-14H2/t17-,18+,20-,21-/m0/s1. The molecule has 0 N–H and O–H groups in total. The molecule has 0 spiro atoms. The average molecular weight is 362 g/mol. The van der Waals surface area contributed by atoms with Gasteiger partial charge >= 0.3 is 5.97 Å². The minimum Gasteiger partial charge on any atom is -0.457 e. The molecule has 0 aromatic heterocycles. The molecule has 0 heterocycles. The van der Waals surface area contributed by atoms with Crippen LogP contribution < -0.4 is 0 Å². The van der Waals surface area contributed by atoms with Gasteiger partial charge in [0.1, 0.15) is 0 Å². The summed E-state index contributed by atoms with van der Waals surface area (Å²) >= 11 is 0. The van der Waals surface area contributed by atoms with Crippen molar-refractivity contribution in [3.05, 3.63) is 71.8 Å². The molecular weight excluding hydrogens is 340 g/mol. The quantitative estimate of drug-likeness (QED) is 0.576. The molecule has 2 aromatic carbocycles. The molecule has 0 unspecified atom stereocenters. The zero-order valence-corrected chi connectivity index (χ0v) is 15.0. The number of ether oxygens (including phenoxy) is 1. The molecule has 27 heavy (non-hydrogen) atoms. The van der Waals surface area contributed by atoms with Gasteiger partial charge in [-0.1, -0.05) is 60.7 Å². The van der Waals surface area contributed by atoms with E-state index in [1.165, 1.54) is 0 Å². The Kier molecular flexibility index (Phi) is 4.88. The van der Waals surface area contributed by atoms with Crippen molar-refractivity contribution in [1.82, 2.24) is 0 Å². The van der Waals surface area contributed by atoms with E-state index in [0.717, 1.165) is 19.3 Å². The lowest BCUT2D eigenvalue weighted by Gasteiger charge is -2.28. The molecule has 0 amide bonds. The van der Waals surface area contributed by atoms with Crippen LogP contribution in [0.15, 0.2) is 60.7 Å². The number of carbonyl (C=O) groups excluding carboxylic acids is 3. The summed E-state index contributed by atoms with van der Waals surface area (Å²) < 4.78 is 5.37. The Morgan fingerprint density at radius 1 is 0.778 bits per heavy atom. The summed E-state index contributed by atoms with van der Waals surface area (Å²) in [6, 6.07) is 17.9. The number of ketones is 2. The highest BCUT2D eigenvalue weighted by atomic mass is 16.5. The van der Waals surface area contributed by atoms with E-state index < -0.39 is 11.9 Å². The number of esters is 1. The van der Waals surface area contributed by atoms with Crippen LogP contribution >= 0.6 is 0 Å². The largest absolute Gasteiger partial charge is 0.457 e. The average Bonchev–Trinajstić information content (AvgIpc) is 3.34. The Balaban J connectivity index is 1.47. The summed E-state index contributed by atoms with van der Waals surface area (Å²) in [7, 11) is 0. The summed E-state index contributed by atoms with van der Waals surface area (Å²) in [5.41, 5.74) is 1.17. The van der Waals surface area contributed by atoms with Gasteiger partial charge in [-0.05, 0) is 31.1 Å². The van der Waals surface area contributed by atoms with E-state index in [9.17, 15) is 14.4 Å². The number of carbonyl (C=O) groups is 3. The molecule has 2 aliphatic carbocycles. The van der Waals surface area contributed by atoms with E-state index in [4.69, 9.17) is 4.74 Å². The van der Waals surface area contributed by atoms with E-state index in [2.05, 4.69) is 0 Å². The number of hydrogen-bond acceptors (Lipinski definition) is 4. The molecule has 2 fully saturated rings. The number of rotatable bonds is 6. The zero-order chi connectivity index (χ0) is 18.8. The summed E-state index contributed by atoms with van der Waals surface area (Å²) in [6.07, 6.45) is 2.84. The van der Waals surface area contributed by atoms with Gasteiger partial charge in [0.05, 0.1) is 5.92 Å². The minimum atomic E-state index is -0.431. The maximum Gasteiger partial charge on any atom is 0.310 e. The molecule has 4 nitrogen and oxygen atoms in total. The fraction of sp³-hybridized carbons (Fsp3) is 0.348. The molecule has 138 valence electrons. The topological polar surface area (TPSA) is 60.4 Å². The van der Waals surface area contributed by atoms with Crippen LogP contribution in [0.3, 0.4) is 0 Å². The van der Waals surface area contributed by atoms with Crippen LogP contribution in [0.1, 0.15) is 40.0 Å². The number of Topliss-reactive ketones (excluding diaryl/α,β-unsaturated/α-hetero) is 2. The third kappa shape index (κ3) is 3.44. The SMILES string of the molecule is O=C(COC(=O)[C@H]1[C@@H]2CC[C@@H](C2)[C@@H]1C(=O)c1ccccc1)c1ccccc1. The number of fused-ring (bicyclic) bond motifs is 2. The Morgan fingerprint density at radius 3 is 1.96 bits per heavy atom. The van der Waals surface area contributed by atoms with Crippen LogP contribution in [-0.2, 0) is 9.53 Å². The molecule has 4 rings (SSSR count). The van der Waals surface area contributed by atoms with Gasteiger partial charge in [0.2, 0.25) is 0 Å². The second-order valence-electron chi connectivity index (χ2n) is 7.51. The van der Waals surface area contributed by atoms with Crippen molar-refractivity contribution in [3.8, 4) is 0 Å². The fourth-order valence-electron chi connectivity index (χ4n) is 4.74. The summed E-state index contributed by atoms with van der Waals surface area (Å²) in [5.74, 6) is -0.930. The van der Waals surface area contributed by atoms with E-state index in [0.29, 0.717) is 11.1 Å². The van der Waals surface area contributed by atoms with Crippen molar-refractivity contribution in [2.75, 3.05) is 6.61 Å². The molecule has 2 saturated carbocycles. The molecule has 4 atom stereocenters. The van der Waals surface area contributed by atoms with E-state index >= 15 is 0 Å². The van der Waals surface area contributed by atoms with Crippen molar-refractivity contribution < 1.29 is 19.1 Å². The Hall–Kier alpha value is -2.75. The van der Waals surface area contributed by atoms with Gasteiger partial charge < -0.3 is 4.74 Å². The van der Waals surface area contributed by atoms with Gasteiger partial charge in [0.15, 0.2) is 18.2 Å². The number of hydrogen-bond donors (Lipinski definition) is 0. The summed E-state index contributed by atoms with van der Waals surface area (Å²) in [6.45, 7) is -0.275. The molecule has 2 aromatic rings. The smallest absolute Gasteiger partial charge is 0.310 e. The van der Waals surface area contributed by atoms with Crippen molar-refractivity contribution in [2.45, 2.75) is 19.3 Å². The zero-order valence-electron chi connectivity index (χ0n) is 15.0. The van der Waals surface area contributed by atoms with E-state index in [1.807, 2.05) is 24.3 Å². The highest BCUT2D eigenvalue weighted by Gasteiger charge is 2.54. The maximum atomic E-state index is 13.0. The molecule has 0 saturated heterocycles. The van der Waals surface area contributed by atoms with Crippen LogP contribution in [0.2, 0.25) is 0 Å². The summed E-state index contributed by atoms with van der Waals surface area (Å²) in [5, 5.41) is 0. The van der Waals surface area contributed by atoms with Crippen molar-refractivity contribution in [2.24, 2.45) is 23.7 Å². The normalized spacial score (nSPS) is 25.9. The van der Waals surface area contributed by atoms with Crippen molar-refractivity contribution >= 4 is 17.5 Å². The van der Waals surface area contributed by atoms with Gasteiger partial charge in [0.25, 0.3) is 0 Å². The maximum absolute atomic E-state index is 13.0. The summed E-state index contributed by atoms with van der Waals surface area (Å²) in [4.78, 5) is 38.0. The monoisotopic (exact) mass is 362 g/mol. The third-order valence-electron chi connectivity index (χ3n) is 5.99. The molecule has 2 aliphatic rings. The Morgan fingerprint density at radius 2 is 1.33 bits per heavy atom. The first-order valence-electron chi connectivity index (χ1n) is 9.49. The lowest BCUT2D eigenvalue weighted by molar-refractivity contribution is -0.150. The molecule has 0 radical (unpaired) electrons. The van der Waals surface area contributed by atoms with Gasteiger partial charge in [-0.25, -0.2) is 0 Å². The predicted molar refractivity (Wildman–Crippen MR) is 100 cm³/mol. The molecular formula is C23H22O4. The predicted octanol–water partition coefficient (Wildman–Crippen LogP) is 3.96. The third-order valence-corrected chi connectivity index (χ3v) is 5.99. The van der Waals surface area contributed by atoms with E-state index in [-0.39, 0.29) is 35.9 Å². The van der Waals surface area contributed by atoms with Crippen molar-refractivity contribution in [1.29, 1.82) is 0 Å². The van der Waals surface area contributed by atoms with Gasteiger partial charge in [0, 0.05) is 17.0 Å². The molecule has 4 heteroatoms. The van der Waals surface area contributed by atoms with E-state index in [1.54, 1.807) is 36.4 Å². The number of benzene rings is 2. The Bertz CT molecular complexity index is 843. The highest BCUT2D eigenvalue weighted by molar-refractivity contribution is 6.01. The van der Waals surface area contributed by atoms with Crippen LogP contribution in [0, 0.1) is 23.7 Å². The van der Waals surface area contributed by atoms with Gasteiger partial charge in [-0.15, -0.1) is 0 Å². The lowest BCUT2D eigenvalue weighted by atomic mass is 9.75. The molecule has 2 bridgehead atoms. The van der Waals surface area contributed by atoms with Gasteiger partial charge in [-0.3, -0.25) is 14.4 Å². The Labute approximate surface area is 158 Å². The van der Waals surface area contributed by atoms with Crippen LogP contribution in [0.4, 0.5) is 0 Å². The van der Waals surface area contributed by atoms with Crippen molar-refractivity contribution in [3.63, 3.8) is 0 Å². The van der Waals surface area contributed by atoms with Crippen LogP contribution in [0.25, 0.3) is 0 Å². The second-order valence-corrected chi connectivity index (χ2v) is 7.51. The fourth-order valence-corrected chi connectivity index (χ4v) is 4.74. The highest BCUT2D eigenvalue weighted by Crippen LogP contribution is 2.53. The first-order chi connectivity index (χ1) is 13.1. The second kappa shape index (κ2) is 7.47. The van der Waals surface area contributed by atoms with Crippen LogP contribution in [0.5, 0.6) is 0 Å².